The Bertz CT molecular complexity index is 505. The number of aromatic amines is 1. The zero-order valence-electron chi connectivity index (χ0n) is 9.93. The van der Waals surface area contributed by atoms with Crippen LogP contribution in [0.2, 0.25) is 0 Å². The number of carbonyl (C=O) groups is 1. The van der Waals surface area contributed by atoms with Crippen molar-refractivity contribution in [2.75, 3.05) is 6.54 Å². The van der Waals surface area contributed by atoms with Gasteiger partial charge in [0.15, 0.2) is 0 Å². The highest BCUT2D eigenvalue weighted by atomic mass is 16.2. The molecule has 0 radical (unpaired) electrons. The first kappa shape index (κ1) is 12.3. The van der Waals surface area contributed by atoms with Crippen molar-refractivity contribution in [3.05, 3.63) is 28.2 Å². The summed E-state index contributed by atoms with van der Waals surface area (Å²) in [4.78, 5) is 24.7. The monoisotopic (exact) mass is 246 g/mol. The van der Waals surface area contributed by atoms with Crippen LogP contribution in [0.15, 0.2) is 16.9 Å². The number of nitrogens with one attached hydrogen (secondary N) is 1. The molecule has 0 atom stereocenters. The van der Waals surface area contributed by atoms with E-state index in [1.807, 2.05) is 6.07 Å². The van der Waals surface area contributed by atoms with Crippen molar-refractivity contribution in [2.24, 2.45) is 0 Å². The highest BCUT2D eigenvalue weighted by Gasteiger charge is 2.27. The second-order valence-electron chi connectivity index (χ2n) is 4.34. The third kappa shape index (κ3) is 2.56. The molecule has 0 saturated heterocycles. The Balaban J connectivity index is 2.19. The minimum Gasteiger partial charge on any atom is -0.321 e. The van der Waals surface area contributed by atoms with Gasteiger partial charge in [0.25, 0.3) is 11.5 Å². The summed E-state index contributed by atoms with van der Waals surface area (Å²) in [6.45, 7) is 0.0598. The van der Waals surface area contributed by atoms with E-state index in [9.17, 15) is 9.59 Å². The van der Waals surface area contributed by atoms with Gasteiger partial charge in [0.05, 0.1) is 6.07 Å². The normalized spacial score (nSPS) is 15.3. The molecule has 0 aromatic carbocycles. The molecule has 1 aliphatic carbocycles. The predicted molar refractivity (Wildman–Crippen MR) is 63.8 cm³/mol. The largest absolute Gasteiger partial charge is 0.321 e. The van der Waals surface area contributed by atoms with Gasteiger partial charge in [-0.1, -0.05) is 12.8 Å². The fraction of sp³-hybridized carbons (Fsp3) is 0.500. The van der Waals surface area contributed by atoms with Gasteiger partial charge in [-0.3, -0.25) is 9.59 Å². The number of nitriles is 1. The van der Waals surface area contributed by atoms with Gasteiger partial charge in [0, 0.05) is 12.1 Å². The second-order valence-corrected chi connectivity index (χ2v) is 4.34. The minimum absolute atomic E-state index is 0.0598. The lowest BCUT2D eigenvalue weighted by Gasteiger charge is -2.25. The smallest absolute Gasteiger partial charge is 0.275 e. The van der Waals surface area contributed by atoms with Crippen LogP contribution in [0, 0.1) is 11.3 Å². The van der Waals surface area contributed by atoms with Crippen LogP contribution < -0.4 is 5.56 Å². The molecule has 18 heavy (non-hydrogen) atoms. The van der Waals surface area contributed by atoms with Crippen LogP contribution in [0.3, 0.4) is 0 Å². The van der Waals surface area contributed by atoms with Crippen molar-refractivity contribution in [3.63, 3.8) is 0 Å². The Morgan fingerprint density at radius 2 is 2.22 bits per heavy atom. The van der Waals surface area contributed by atoms with Gasteiger partial charge in [-0.25, -0.2) is 5.10 Å². The van der Waals surface area contributed by atoms with E-state index < -0.39 is 0 Å². The van der Waals surface area contributed by atoms with Crippen LogP contribution in [-0.4, -0.2) is 33.6 Å². The molecule has 1 N–H and O–H groups in total. The molecule has 6 heteroatoms. The molecule has 1 heterocycles. The standard InChI is InChI=1S/C12H14N4O2/c13-7-8-16(9-3-1-2-4-9)12(18)10-5-6-11(17)15-14-10/h5-6,9H,1-4,8H2,(H,15,17). The molecule has 94 valence electrons. The van der Waals surface area contributed by atoms with Gasteiger partial charge in [0.1, 0.15) is 12.2 Å². The number of hydrogen-bond acceptors (Lipinski definition) is 4. The van der Waals surface area contributed by atoms with E-state index >= 15 is 0 Å². The summed E-state index contributed by atoms with van der Waals surface area (Å²) in [6, 6.07) is 4.78. The number of aromatic nitrogens is 2. The third-order valence-electron chi connectivity index (χ3n) is 3.17. The average Bonchev–Trinajstić information content (AvgIpc) is 2.90. The Labute approximate surface area is 104 Å². The van der Waals surface area contributed by atoms with E-state index in [-0.39, 0.29) is 29.7 Å². The minimum atomic E-state index is -0.348. The van der Waals surface area contributed by atoms with Crippen LogP contribution in [-0.2, 0) is 0 Å². The van der Waals surface area contributed by atoms with Crippen LogP contribution in [0.1, 0.15) is 36.2 Å². The lowest BCUT2D eigenvalue weighted by atomic mass is 10.2. The number of hydrogen-bond donors (Lipinski definition) is 1. The quantitative estimate of drug-likeness (QED) is 0.794. The van der Waals surface area contributed by atoms with Gasteiger partial charge in [-0.05, 0) is 18.9 Å². The molecular formula is C12H14N4O2. The maximum atomic E-state index is 12.2. The lowest BCUT2D eigenvalue weighted by molar-refractivity contribution is 0.0702. The van der Waals surface area contributed by atoms with Crippen molar-refractivity contribution in [1.82, 2.24) is 15.1 Å². The van der Waals surface area contributed by atoms with E-state index in [0.29, 0.717) is 0 Å². The number of carbonyl (C=O) groups excluding carboxylic acids is 1. The van der Waals surface area contributed by atoms with Crippen LogP contribution >= 0.6 is 0 Å². The maximum Gasteiger partial charge on any atom is 0.275 e. The molecule has 6 nitrogen and oxygen atoms in total. The maximum absolute atomic E-state index is 12.2. The van der Waals surface area contributed by atoms with E-state index in [2.05, 4.69) is 10.2 Å². The molecule has 1 saturated carbocycles. The van der Waals surface area contributed by atoms with E-state index in [1.54, 1.807) is 4.90 Å². The molecule has 1 aromatic heterocycles. The number of H-pyrrole nitrogens is 1. The summed E-state index contributed by atoms with van der Waals surface area (Å²) in [7, 11) is 0. The average molecular weight is 246 g/mol. The molecule has 1 fully saturated rings. The van der Waals surface area contributed by atoms with Gasteiger partial charge in [-0.2, -0.15) is 10.4 Å². The van der Waals surface area contributed by atoms with E-state index in [4.69, 9.17) is 5.26 Å². The third-order valence-corrected chi connectivity index (χ3v) is 3.17. The Hall–Kier alpha value is -2.16. The van der Waals surface area contributed by atoms with Crippen molar-refractivity contribution in [3.8, 4) is 6.07 Å². The SMILES string of the molecule is N#CCN(C(=O)c1ccc(=O)[nH]n1)C1CCCC1. The summed E-state index contributed by atoms with van der Waals surface area (Å²) < 4.78 is 0. The predicted octanol–water partition coefficient (Wildman–Crippen LogP) is 0.678. The Morgan fingerprint density at radius 3 is 2.78 bits per heavy atom. The van der Waals surface area contributed by atoms with Crippen LogP contribution in [0.4, 0.5) is 0 Å². The fourth-order valence-corrected chi connectivity index (χ4v) is 2.27. The molecule has 0 bridgehead atoms. The molecule has 1 amide bonds. The number of nitrogens with zero attached hydrogens (tertiary/aromatic N) is 3. The topological polar surface area (TPSA) is 89.9 Å². The summed E-state index contributed by atoms with van der Waals surface area (Å²) in [6.07, 6.45) is 4.02. The highest BCUT2D eigenvalue weighted by molar-refractivity contribution is 5.92. The van der Waals surface area contributed by atoms with Gasteiger partial charge < -0.3 is 4.90 Å². The second kappa shape index (κ2) is 5.45. The fourth-order valence-electron chi connectivity index (χ4n) is 2.27. The van der Waals surface area contributed by atoms with Crippen molar-refractivity contribution in [2.45, 2.75) is 31.7 Å². The van der Waals surface area contributed by atoms with E-state index in [0.717, 1.165) is 25.7 Å². The Morgan fingerprint density at radius 1 is 1.50 bits per heavy atom. The molecular weight excluding hydrogens is 232 g/mol. The van der Waals surface area contributed by atoms with E-state index in [1.165, 1.54) is 12.1 Å². The summed E-state index contributed by atoms with van der Waals surface area (Å²) in [5, 5.41) is 14.8. The lowest BCUT2D eigenvalue weighted by Crippen LogP contribution is -2.39. The number of rotatable bonds is 3. The highest BCUT2D eigenvalue weighted by Crippen LogP contribution is 2.24. The molecule has 2 rings (SSSR count). The molecule has 1 aromatic rings. The summed E-state index contributed by atoms with van der Waals surface area (Å²) in [5.41, 5.74) is -0.170. The molecule has 0 unspecified atom stereocenters. The first-order valence-electron chi connectivity index (χ1n) is 5.96. The van der Waals surface area contributed by atoms with Crippen molar-refractivity contribution >= 4 is 5.91 Å². The molecule has 0 spiro atoms. The van der Waals surface area contributed by atoms with Gasteiger partial charge in [-0.15, -0.1) is 0 Å². The summed E-state index contributed by atoms with van der Waals surface area (Å²) in [5.74, 6) is -0.292. The zero-order chi connectivity index (χ0) is 13.0. The summed E-state index contributed by atoms with van der Waals surface area (Å²) >= 11 is 0. The van der Waals surface area contributed by atoms with Gasteiger partial charge in [0.2, 0.25) is 0 Å². The zero-order valence-corrected chi connectivity index (χ0v) is 9.93. The first-order chi connectivity index (χ1) is 8.72. The first-order valence-corrected chi connectivity index (χ1v) is 5.96. The van der Waals surface area contributed by atoms with Crippen LogP contribution in [0.25, 0.3) is 0 Å². The molecule has 0 aliphatic heterocycles. The van der Waals surface area contributed by atoms with Crippen molar-refractivity contribution < 1.29 is 4.79 Å². The van der Waals surface area contributed by atoms with Crippen LogP contribution in [0.5, 0.6) is 0 Å². The van der Waals surface area contributed by atoms with Crippen molar-refractivity contribution in [1.29, 1.82) is 5.26 Å². The Kier molecular flexibility index (Phi) is 3.72. The van der Waals surface area contributed by atoms with Gasteiger partial charge >= 0.3 is 0 Å². The number of amides is 1. The molecule has 1 aliphatic rings.